The van der Waals surface area contributed by atoms with Crippen LogP contribution in [0.3, 0.4) is 0 Å². The van der Waals surface area contributed by atoms with Gasteiger partial charge in [-0.3, -0.25) is 14.6 Å². The van der Waals surface area contributed by atoms with Gasteiger partial charge in [-0.2, -0.15) is 0 Å². The highest BCUT2D eigenvalue weighted by atomic mass is 16.2. The molecule has 1 aromatic rings. The molecule has 2 heterocycles. The maximum Gasteiger partial charge on any atom is 0.331 e. The van der Waals surface area contributed by atoms with Crippen molar-refractivity contribution < 1.29 is 9.59 Å². The van der Waals surface area contributed by atoms with Crippen molar-refractivity contribution in [1.29, 1.82) is 0 Å². The number of benzene rings is 1. The van der Waals surface area contributed by atoms with Crippen LogP contribution in [0.4, 0.5) is 10.5 Å². The molecule has 4 heteroatoms. The fourth-order valence-corrected chi connectivity index (χ4v) is 2.52. The van der Waals surface area contributed by atoms with Gasteiger partial charge in [0, 0.05) is 18.7 Å². The number of likely N-dealkylation sites (N-methyl/N-ethyl adjacent to an activating group) is 1. The predicted octanol–water partition coefficient (Wildman–Crippen LogP) is 1.40. The highest BCUT2D eigenvalue weighted by Gasteiger charge is 2.49. The van der Waals surface area contributed by atoms with Crippen LogP contribution in [0.5, 0.6) is 0 Å². The zero-order chi connectivity index (χ0) is 11.3. The lowest BCUT2D eigenvalue weighted by atomic mass is 10.1. The van der Waals surface area contributed by atoms with Crippen LogP contribution in [0.2, 0.25) is 0 Å². The normalized spacial score (nSPS) is 22.7. The lowest BCUT2D eigenvalue weighted by molar-refractivity contribution is -0.126. The van der Waals surface area contributed by atoms with E-state index in [9.17, 15) is 9.59 Å². The molecule has 1 atom stereocenters. The molecule has 16 heavy (non-hydrogen) atoms. The van der Waals surface area contributed by atoms with Gasteiger partial charge in [0.25, 0.3) is 5.91 Å². The minimum atomic E-state index is -0.301. The van der Waals surface area contributed by atoms with E-state index < -0.39 is 0 Å². The van der Waals surface area contributed by atoms with E-state index in [2.05, 4.69) is 0 Å². The van der Waals surface area contributed by atoms with Gasteiger partial charge in [-0.1, -0.05) is 18.2 Å². The SMILES string of the molecule is CCN1C(=O)C2Cc3ccccc3N2C1=O. The zero-order valence-corrected chi connectivity index (χ0v) is 9.01. The average molecular weight is 216 g/mol. The van der Waals surface area contributed by atoms with Crippen LogP contribution in [0.1, 0.15) is 12.5 Å². The van der Waals surface area contributed by atoms with Crippen LogP contribution >= 0.6 is 0 Å². The van der Waals surface area contributed by atoms with Crippen molar-refractivity contribution in [1.82, 2.24) is 4.90 Å². The summed E-state index contributed by atoms with van der Waals surface area (Å²) < 4.78 is 0. The molecule has 0 bridgehead atoms. The van der Waals surface area contributed by atoms with E-state index in [1.54, 1.807) is 4.90 Å². The van der Waals surface area contributed by atoms with Crippen LogP contribution < -0.4 is 4.90 Å². The first-order chi connectivity index (χ1) is 7.74. The van der Waals surface area contributed by atoms with Crippen molar-refractivity contribution in [3.8, 4) is 0 Å². The molecule has 1 unspecified atom stereocenters. The Morgan fingerprint density at radius 2 is 2.06 bits per heavy atom. The number of imide groups is 1. The molecule has 3 rings (SSSR count). The smallest absolute Gasteiger partial charge is 0.281 e. The molecule has 82 valence electrons. The summed E-state index contributed by atoms with van der Waals surface area (Å²) >= 11 is 0. The lowest BCUT2D eigenvalue weighted by Crippen LogP contribution is -2.32. The minimum Gasteiger partial charge on any atom is -0.281 e. The Morgan fingerprint density at radius 3 is 2.81 bits per heavy atom. The van der Waals surface area contributed by atoms with Crippen molar-refractivity contribution >= 4 is 17.6 Å². The number of urea groups is 1. The molecule has 0 aliphatic carbocycles. The summed E-state index contributed by atoms with van der Waals surface area (Å²) in [5.74, 6) is -0.0660. The van der Waals surface area contributed by atoms with Gasteiger partial charge >= 0.3 is 6.03 Å². The monoisotopic (exact) mass is 216 g/mol. The fraction of sp³-hybridized carbons (Fsp3) is 0.333. The summed E-state index contributed by atoms with van der Waals surface area (Å²) in [5, 5.41) is 0. The number of amides is 3. The van der Waals surface area contributed by atoms with E-state index >= 15 is 0 Å². The second kappa shape index (κ2) is 3.07. The van der Waals surface area contributed by atoms with Gasteiger partial charge in [0.1, 0.15) is 6.04 Å². The first-order valence-corrected chi connectivity index (χ1v) is 5.46. The summed E-state index contributed by atoms with van der Waals surface area (Å²) in [6, 6.07) is 7.23. The summed E-state index contributed by atoms with van der Waals surface area (Å²) in [7, 11) is 0. The van der Waals surface area contributed by atoms with Crippen molar-refractivity contribution in [3.05, 3.63) is 29.8 Å². The lowest BCUT2D eigenvalue weighted by Gasteiger charge is -2.15. The molecule has 3 amide bonds. The molecule has 0 saturated carbocycles. The summed E-state index contributed by atoms with van der Waals surface area (Å²) in [5.41, 5.74) is 1.98. The summed E-state index contributed by atoms with van der Waals surface area (Å²) in [6.45, 7) is 2.27. The predicted molar refractivity (Wildman–Crippen MR) is 59.2 cm³/mol. The summed E-state index contributed by atoms with van der Waals surface area (Å²) in [4.78, 5) is 26.9. The van der Waals surface area contributed by atoms with Gasteiger partial charge in [-0.05, 0) is 18.6 Å². The average Bonchev–Trinajstić information content (AvgIpc) is 2.77. The van der Waals surface area contributed by atoms with Crippen molar-refractivity contribution in [3.63, 3.8) is 0 Å². The van der Waals surface area contributed by atoms with Gasteiger partial charge in [0.2, 0.25) is 0 Å². The third-order valence-corrected chi connectivity index (χ3v) is 3.28. The Hall–Kier alpha value is -1.84. The van der Waals surface area contributed by atoms with E-state index in [0.717, 1.165) is 11.3 Å². The Labute approximate surface area is 93.5 Å². The zero-order valence-electron chi connectivity index (χ0n) is 9.01. The third kappa shape index (κ3) is 0.988. The minimum absolute atomic E-state index is 0.0660. The number of carbonyl (C=O) groups is 2. The number of hydrogen-bond donors (Lipinski definition) is 0. The van der Waals surface area contributed by atoms with E-state index in [0.29, 0.717) is 13.0 Å². The van der Waals surface area contributed by atoms with Gasteiger partial charge in [-0.25, -0.2) is 4.79 Å². The number of para-hydroxylation sites is 1. The van der Waals surface area contributed by atoms with Crippen LogP contribution in [-0.2, 0) is 11.2 Å². The second-order valence-corrected chi connectivity index (χ2v) is 4.08. The van der Waals surface area contributed by atoms with Crippen molar-refractivity contribution in [2.24, 2.45) is 0 Å². The summed E-state index contributed by atoms with van der Waals surface area (Å²) in [6.07, 6.45) is 0.650. The number of nitrogens with zero attached hydrogens (tertiary/aromatic N) is 2. The molecule has 0 radical (unpaired) electrons. The molecule has 4 nitrogen and oxygen atoms in total. The quantitative estimate of drug-likeness (QED) is 0.666. The van der Waals surface area contributed by atoms with E-state index in [1.807, 2.05) is 31.2 Å². The third-order valence-electron chi connectivity index (χ3n) is 3.28. The van der Waals surface area contributed by atoms with Gasteiger partial charge < -0.3 is 0 Å². The fourth-order valence-electron chi connectivity index (χ4n) is 2.52. The molecular weight excluding hydrogens is 204 g/mol. The Bertz CT molecular complexity index is 484. The highest BCUT2D eigenvalue weighted by molar-refractivity contribution is 6.16. The Kier molecular flexibility index (Phi) is 1.80. The van der Waals surface area contributed by atoms with Crippen LogP contribution in [0.15, 0.2) is 24.3 Å². The molecule has 1 aromatic carbocycles. The van der Waals surface area contributed by atoms with E-state index in [4.69, 9.17) is 0 Å². The number of hydrogen-bond acceptors (Lipinski definition) is 2. The van der Waals surface area contributed by atoms with E-state index in [-0.39, 0.29) is 18.0 Å². The first kappa shape index (κ1) is 9.39. The molecule has 2 aliphatic rings. The number of fused-ring (bicyclic) bond motifs is 3. The molecule has 1 fully saturated rings. The maximum absolute atomic E-state index is 12.0. The van der Waals surface area contributed by atoms with Crippen LogP contribution in [-0.4, -0.2) is 29.4 Å². The highest BCUT2D eigenvalue weighted by Crippen LogP contribution is 2.37. The topological polar surface area (TPSA) is 40.6 Å². The Balaban J connectivity index is 2.08. The van der Waals surface area contributed by atoms with E-state index in [1.165, 1.54) is 4.90 Å². The van der Waals surface area contributed by atoms with Crippen LogP contribution in [0, 0.1) is 0 Å². The molecule has 0 spiro atoms. The first-order valence-electron chi connectivity index (χ1n) is 5.46. The molecule has 1 saturated heterocycles. The van der Waals surface area contributed by atoms with Gasteiger partial charge in [-0.15, -0.1) is 0 Å². The number of anilines is 1. The molecule has 0 N–H and O–H groups in total. The van der Waals surface area contributed by atoms with Crippen LogP contribution in [0.25, 0.3) is 0 Å². The number of rotatable bonds is 1. The largest absolute Gasteiger partial charge is 0.331 e. The second-order valence-electron chi connectivity index (χ2n) is 4.08. The van der Waals surface area contributed by atoms with Gasteiger partial charge in [0.15, 0.2) is 0 Å². The molecule has 0 aromatic heterocycles. The van der Waals surface area contributed by atoms with Crippen molar-refractivity contribution in [2.75, 3.05) is 11.4 Å². The number of carbonyl (C=O) groups excluding carboxylic acids is 2. The van der Waals surface area contributed by atoms with Gasteiger partial charge in [0.05, 0.1) is 0 Å². The molecular formula is C12H12N2O2. The molecule has 2 aliphatic heterocycles. The maximum atomic E-state index is 12.0. The Morgan fingerprint density at radius 1 is 1.31 bits per heavy atom. The standard InChI is InChI=1S/C12H12N2O2/c1-2-13-11(15)10-7-8-5-3-4-6-9(8)14(10)12(13)16/h3-6,10H,2,7H2,1H3. The van der Waals surface area contributed by atoms with Crippen molar-refractivity contribution in [2.45, 2.75) is 19.4 Å².